The van der Waals surface area contributed by atoms with Gasteiger partial charge in [-0.2, -0.15) is 0 Å². The molecular formula is C12H15N3S. The van der Waals surface area contributed by atoms with Gasteiger partial charge in [-0.15, -0.1) is 11.3 Å². The van der Waals surface area contributed by atoms with Gasteiger partial charge in [-0.1, -0.05) is 13.8 Å². The molecule has 0 atom stereocenters. The Labute approximate surface area is 99.4 Å². The Morgan fingerprint density at radius 3 is 2.62 bits per heavy atom. The minimum absolute atomic E-state index is 0.330. The van der Waals surface area contributed by atoms with Crippen LogP contribution >= 0.6 is 11.3 Å². The van der Waals surface area contributed by atoms with Crippen molar-refractivity contribution in [1.82, 2.24) is 9.97 Å². The minimum Gasteiger partial charge on any atom is -0.383 e. The lowest BCUT2D eigenvalue weighted by atomic mass is 9.99. The van der Waals surface area contributed by atoms with Gasteiger partial charge in [-0.3, -0.25) is 0 Å². The van der Waals surface area contributed by atoms with Crippen molar-refractivity contribution in [2.24, 2.45) is 0 Å². The smallest absolute Gasteiger partial charge is 0.130 e. The van der Waals surface area contributed by atoms with E-state index < -0.39 is 0 Å². The lowest BCUT2D eigenvalue weighted by molar-refractivity contribution is 0.855. The summed E-state index contributed by atoms with van der Waals surface area (Å²) in [5.74, 6) is 0.917. The summed E-state index contributed by atoms with van der Waals surface area (Å²) >= 11 is 1.72. The fourth-order valence-electron chi connectivity index (χ4n) is 1.78. The molecule has 0 saturated heterocycles. The van der Waals surface area contributed by atoms with Crippen LogP contribution in [0.1, 0.15) is 30.2 Å². The maximum absolute atomic E-state index is 5.92. The first-order valence-corrected chi connectivity index (χ1v) is 6.13. The molecule has 84 valence electrons. The molecule has 0 aromatic carbocycles. The first-order valence-electron chi connectivity index (χ1n) is 5.25. The predicted octanol–water partition coefficient (Wildman–Crippen LogP) is 3.22. The second-order valence-corrected chi connectivity index (χ2v) is 5.24. The molecule has 2 N–H and O–H groups in total. The van der Waals surface area contributed by atoms with Crippen molar-refractivity contribution in [3.8, 4) is 11.3 Å². The van der Waals surface area contributed by atoms with Gasteiger partial charge in [0.05, 0.1) is 5.69 Å². The van der Waals surface area contributed by atoms with Crippen molar-refractivity contribution >= 4 is 17.2 Å². The van der Waals surface area contributed by atoms with E-state index in [9.17, 15) is 0 Å². The van der Waals surface area contributed by atoms with Crippen molar-refractivity contribution in [3.63, 3.8) is 0 Å². The summed E-state index contributed by atoms with van der Waals surface area (Å²) in [6, 6.07) is 2.14. The van der Waals surface area contributed by atoms with E-state index in [0.29, 0.717) is 11.7 Å². The van der Waals surface area contributed by atoms with Crippen molar-refractivity contribution in [2.45, 2.75) is 26.7 Å². The van der Waals surface area contributed by atoms with Gasteiger partial charge in [0, 0.05) is 21.4 Å². The lowest BCUT2D eigenvalue weighted by Gasteiger charge is -2.12. The van der Waals surface area contributed by atoms with Crippen LogP contribution in [0, 0.1) is 6.92 Å². The van der Waals surface area contributed by atoms with Gasteiger partial charge in [-0.05, 0) is 18.9 Å². The van der Waals surface area contributed by atoms with Crippen molar-refractivity contribution in [3.05, 3.63) is 28.2 Å². The number of anilines is 1. The number of nitrogens with zero attached hydrogens (tertiary/aromatic N) is 2. The van der Waals surface area contributed by atoms with E-state index in [2.05, 4.69) is 42.2 Å². The molecule has 16 heavy (non-hydrogen) atoms. The molecule has 3 nitrogen and oxygen atoms in total. The summed E-state index contributed by atoms with van der Waals surface area (Å²) in [4.78, 5) is 9.70. The Bertz CT molecular complexity index is 503. The lowest BCUT2D eigenvalue weighted by Crippen LogP contribution is -2.03. The van der Waals surface area contributed by atoms with E-state index in [1.807, 2.05) is 0 Å². The molecule has 0 spiro atoms. The van der Waals surface area contributed by atoms with Crippen LogP contribution in [-0.4, -0.2) is 9.97 Å². The molecule has 0 bridgehead atoms. The Balaban J connectivity index is 2.60. The van der Waals surface area contributed by atoms with E-state index in [0.717, 1.165) is 16.8 Å². The molecule has 2 aromatic rings. The van der Waals surface area contributed by atoms with Gasteiger partial charge in [0.15, 0.2) is 0 Å². The van der Waals surface area contributed by atoms with Crippen molar-refractivity contribution < 1.29 is 0 Å². The molecule has 0 fully saturated rings. The number of nitrogen functional groups attached to an aromatic ring is 1. The molecule has 2 aromatic heterocycles. The third-order valence-electron chi connectivity index (χ3n) is 2.50. The number of aryl methyl sites for hydroxylation is 1. The highest BCUT2D eigenvalue weighted by Gasteiger charge is 2.14. The maximum Gasteiger partial charge on any atom is 0.130 e. The van der Waals surface area contributed by atoms with Crippen molar-refractivity contribution in [2.75, 3.05) is 5.73 Å². The molecule has 0 aliphatic carbocycles. The molecule has 4 heteroatoms. The van der Waals surface area contributed by atoms with E-state index in [4.69, 9.17) is 5.73 Å². The molecule has 0 unspecified atom stereocenters. The first-order chi connectivity index (χ1) is 7.59. The molecule has 2 rings (SSSR count). The van der Waals surface area contributed by atoms with Crippen LogP contribution in [0.2, 0.25) is 0 Å². The van der Waals surface area contributed by atoms with Gasteiger partial charge >= 0.3 is 0 Å². The van der Waals surface area contributed by atoms with Gasteiger partial charge < -0.3 is 5.73 Å². The Kier molecular flexibility index (Phi) is 2.92. The Hall–Kier alpha value is -1.42. The van der Waals surface area contributed by atoms with Crippen LogP contribution in [0.3, 0.4) is 0 Å². The number of hydrogen-bond donors (Lipinski definition) is 1. The van der Waals surface area contributed by atoms with E-state index in [1.165, 1.54) is 11.2 Å². The average Bonchev–Trinajstić information content (AvgIpc) is 2.63. The van der Waals surface area contributed by atoms with Gasteiger partial charge in [-0.25, -0.2) is 9.97 Å². The zero-order valence-corrected chi connectivity index (χ0v) is 10.5. The monoisotopic (exact) mass is 233 g/mol. The van der Waals surface area contributed by atoms with Crippen LogP contribution in [0.4, 0.5) is 5.82 Å². The number of thiophene rings is 1. The van der Waals surface area contributed by atoms with Crippen LogP contribution in [0.15, 0.2) is 17.8 Å². The van der Waals surface area contributed by atoms with Crippen LogP contribution in [-0.2, 0) is 0 Å². The maximum atomic E-state index is 5.92. The van der Waals surface area contributed by atoms with Crippen LogP contribution < -0.4 is 5.73 Å². The number of rotatable bonds is 2. The molecule has 0 aliphatic rings. The predicted molar refractivity (Wildman–Crippen MR) is 68.6 cm³/mol. The largest absolute Gasteiger partial charge is 0.383 e. The average molecular weight is 233 g/mol. The van der Waals surface area contributed by atoms with Gasteiger partial charge in [0.25, 0.3) is 0 Å². The summed E-state index contributed by atoms with van der Waals surface area (Å²) in [7, 11) is 0. The van der Waals surface area contributed by atoms with Crippen LogP contribution in [0.5, 0.6) is 0 Å². The fraction of sp³-hybridized carbons (Fsp3) is 0.333. The molecule has 0 amide bonds. The van der Waals surface area contributed by atoms with Crippen molar-refractivity contribution in [1.29, 1.82) is 0 Å². The van der Waals surface area contributed by atoms with Gasteiger partial charge in [0.2, 0.25) is 0 Å². The van der Waals surface area contributed by atoms with E-state index in [-0.39, 0.29) is 0 Å². The quantitative estimate of drug-likeness (QED) is 0.866. The number of hydrogen-bond acceptors (Lipinski definition) is 4. The van der Waals surface area contributed by atoms with E-state index in [1.54, 1.807) is 11.3 Å². The summed E-state index contributed by atoms with van der Waals surface area (Å²) in [6.45, 7) is 6.31. The topological polar surface area (TPSA) is 51.8 Å². The molecular weight excluding hydrogens is 218 g/mol. The second-order valence-electron chi connectivity index (χ2n) is 4.12. The summed E-state index contributed by atoms with van der Waals surface area (Å²) in [5.41, 5.74) is 9.06. The van der Waals surface area contributed by atoms with E-state index >= 15 is 0 Å². The standard InChI is InChI=1S/C12H15N3S/c1-7(2)10-11(14-6-15-12(10)13)9-4-8(3)16-5-9/h4-7H,1-3H3,(H2,13,14,15). The third kappa shape index (κ3) is 1.93. The third-order valence-corrected chi connectivity index (χ3v) is 3.36. The summed E-state index contributed by atoms with van der Waals surface area (Å²) in [5, 5.41) is 2.11. The molecule has 0 radical (unpaired) electrons. The highest BCUT2D eigenvalue weighted by molar-refractivity contribution is 7.10. The normalized spacial score (nSPS) is 11.0. The molecule has 2 heterocycles. The molecule has 0 aliphatic heterocycles. The van der Waals surface area contributed by atoms with Crippen LogP contribution in [0.25, 0.3) is 11.3 Å². The SMILES string of the molecule is Cc1cc(-c2ncnc(N)c2C(C)C)cs1. The zero-order chi connectivity index (χ0) is 11.7. The second kappa shape index (κ2) is 4.22. The highest BCUT2D eigenvalue weighted by Crippen LogP contribution is 2.32. The first kappa shape index (κ1) is 11.1. The number of aromatic nitrogens is 2. The highest BCUT2D eigenvalue weighted by atomic mass is 32.1. The molecule has 0 saturated carbocycles. The number of nitrogens with two attached hydrogens (primary N) is 1. The summed E-state index contributed by atoms with van der Waals surface area (Å²) in [6.07, 6.45) is 1.53. The fourth-order valence-corrected chi connectivity index (χ4v) is 2.46. The Morgan fingerprint density at radius 1 is 1.31 bits per heavy atom. The summed E-state index contributed by atoms with van der Waals surface area (Å²) < 4.78 is 0. The Morgan fingerprint density at radius 2 is 2.06 bits per heavy atom. The van der Waals surface area contributed by atoms with Gasteiger partial charge in [0.1, 0.15) is 12.1 Å². The minimum atomic E-state index is 0.330. The zero-order valence-electron chi connectivity index (χ0n) is 9.69.